The van der Waals surface area contributed by atoms with Crippen LogP contribution in [0.2, 0.25) is 0 Å². The fourth-order valence-electron chi connectivity index (χ4n) is 1.42. The third kappa shape index (κ3) is 1.95. The molecule has 0 aliphatic carbocycles. The number of rotatable bonds is 2. The van der Waals surface area contributed by atoms with Crippen LogP contribution in [0.1, 0.15) is 17.2 Å². The van der Waals surface area contributed by atoms with E-state index in [0.717, 1.165) is 11.1 Å². The Morgan fingerprint density at radius 3 is 2.53 bits per heavy atom. The molecule has 5 nitrogen and oxygen atoms in total. The monoisotopic (exact) mass is 270 g/mol. The molecule has 0 aliphatic heterocycles. The van der Waals surface area contributed by atoms with E-state index in [-0.39, 0.29) is 0 Å². The summed E-state index contributed by atoms with van der Waals surface area (Å²) in [6.45, 7) is 0. The SMILES string of the molecule is Cn1cc(C(O)c2cn(C)nc2Br)cn1. The van der Waals surface area contributed by atoms with E-state index in [9.17, 15) is 5.11 Å². The smallest absolute Gasteiger partial charge is 0.134 e. The van der Waals surface area contributed by atoms with Gasteiger partial charge in [0.2, 0.25) is 0 Å². The molecule has 0 aromatic carbocycles. The predicted octanol–water partition coefficient (Wildman–Crippen LogP) is 0.998. The summed E-state index contributed by atoms with van der Waals surface area (Å²) in [5.74, 6) is 0. The molecule has 2 aromatic rings. The molecule has 0 amide bonds. The number of aromatic nitrogens is 4. The Bertz CT molecular complexity index is 476. The van der Waals surface area contributed by atoms with Crippen LogP contribution in [0.25, 0.3) is 0 Å². The van der Waals surface area contributed by atoms with Crippen LogP contribution in [0.4, 0.5) is 0 Å². The van der Waals surface area contributed by atoms with Crippen LogP contribution in [0.15, 0.2) is 23.2 Å². The van der Waals surface area contributed by atoms with Gasteiger partial charge in [0.05, 0.1) is 6.20 Å². The van der Waals surface area contributed by atoms with E-state index >= 15 is 0 Å². The minimum absolute atomic E-state index is 0.654. The fraction of sp³-hybridized carbons (Fsp3) is 0.333. The molecule has 6 heteroatoms. The summed E-state index contributed by atoms with van der Waals surface area (Å²) in [4.78, 5) is 0. The molecule has 1 N–H and O–H groups in total. The Labute approximate surface area is 95.5 Å². The molecule has 1 unspecified atom stereocenters. The first-order chi connectivity index (χ1) is 7.08. The van der Waals surface area contributed by atoms with Gasteiger partial charge in [-0.3, -0.25) is 9.36 Å². The first kappa shape index (κ1) is 10.4. The van der Waals surface area contributed by atoms with Crippen molar-refractivity contribution in [1.29, 1.82) is 0 Å². The highest BCUT2D eigenvalue weighted by Crippen LogP contribution is 2.26. The molecule has 15 heavy (non-hydrogen) atoms. The Kier molecular flexibility index (Phi) is 2.62. The topological polar surface area (TPSA) is 55.9 Å². The molecule has 0 saturated carbocycles. The van der Waals surface area contributed by atoms with Crippen LogP contribution >= 0.6 is 15.9 Å². The van der Waals surface area contributed by atoms with Crippen molar-refractivity contribution in [3.05, 3.63) is 34.3 Å². The summed E-state index contributed by atoms with van der Waals surface area (Å²) in [5, 5.41) is 18.2. The summed E-state index contributed by atoms with van der Waals surface area (Å²) in [7, 11) is 3.62. The van der Waals surface area contributed by atoms with E-state index in [4.69, 9.17) is 0 Å². The summed E-state index contributed by atoms with van der Waals surface area (Å²) >= 11 is 3.30. The molecule has 2 heterocycles. The van der Waals surface area contributed by atoms with E-state index in [1.165, 1.54) is 0 Å². The third-order valence-electron chi connectivity index (χ3n) is 2.14. The minimum atomic E-state index is -0.693. The van der Waals surface area contributed by atoms with Crippen LogP contribution < -0.4 is 0 Å². The van der Waals surface area contributed by atoms with Gasteiger partial charge in [0, 0.05) is 37.6 Å². The summed E-state index contributed by atoms with van der Waals surface area (Å²) in [5.41, 5.74) is 1.50. The van der Waals surface area contributed by atoms with E-state index in [0.29, 0.717) is 4.60 Å². The van der Waals surface area contributed by atoms with Crippen molar-refractivity contribution in [2.45, 2.75) is 6.10 Å². The van der Waals surface area contributed by atoms with E-state index in [2.05, 4.69) is 26.1 Å². The molecular weight excluding hydrogens is 260 g/mol. The molecule has 2 rings (SSSR count). The highest BCUT2D eigenvalue weighted by molar-refractivity contribution is 9.10. The van der Waals surface area contributed by atoms with Crippen LogP contribution in [0.5, 0.6) is 0 Å². The van der Waals surface area contributed by atoms with Gasteiger partial charge in [0.25, 0.3) is 0 Å². The highest BCUT2D eigenvalue weighted by atomic mass is 79.9. The van der Waals surface area contributed by atoms with Crippen LogP contribution in [-0.4, -0.2) is 24.7 Å². The van der Waals surface area contributed by atoms with Gasteiger partial charge in [-0.25, -0.2) is 0 Å². The largest absolute Gasteiger partial charge is 0.383 e. The second-order valence-electron chi connectivity index (χ2n) is 3.40. The summed E-state index contributed by atoms with van der Waals surface area (Å²) in [6.07, 6.45) is 4.51. The number of nitrogens with zero attached hydrogens (tertiary/aromatic N) is 4. The Hall–Kier alpha value is -1.14. The molecule has 0 radical (unpaired) electrons. The Balaban J connectivity index is 2.35. The molecule has 0 saturated heterocycles. The summed E-state index contributed by atoms with van der Waals surface area (Å²) in [6, 6.07) is 0. The second kappa shape index (κ2) is 3.79. The lowest BCUT2D eigenvalue weighted by Crippen LogP contribution is -1.97. The number of aliphatic hydroxyl groups is 1. The van der Waals surface area contributed by atoms with Crippen molar-refractivity contribution in [1.82, 2.24) is 19.6 Å². The number of halogens is 1. The van der Waals surface area contributed by atoms with E-state index in [1.54, 1.807) is 28.0 Å². The van der Waals surface area contributed by atoms with Gasteiger partial charge in [-0.1, -0.05) is 0 Å². The Morgan fingerprint density at radius 1 is 1.33 bits per heavy atom. The van der Waals surface area contributed by atoms with Crippen molar-refractivity contribution in [2.75, 3.05) is 0 Å². The van der Waals surface area contributed by atoms with E-state index < -0.39 is 6.10 Å². The Morgan fingerprint density at radius 2 is 2.07 bits per heavy atom. The van der Waals surface area contributed by atoms with Crippen molar-refractivity contribution < 1.29 is 5.11 Å². The lowest BCUT2D eigenvalue weighted by atomic mass is 10.1. The lowest BCUT2D eigenvalue weighted by molar-refractivity contribution is 0.219. The number of aliphatic hydroxyl groups excluding tert-OH is 1. The average molecular weight is 271 g/mol. The fourth-order valence-corrected chi connectivity index (χ4v) is 1.99. The first-order valence-electron chi connectivity index (χ1n) is 4.43. The van der Waals surface area contributed by atoms with Gasteiger partial charge in [-0.2, -0.15) is 10.2 Å². The third-order valence-corrected chi connectivity index (χ3v) is 2.76. The molecule has 0 spiro atoms. The molecular formula is C9H11BrN4O. The van der Waals surface area contributed by atoms with Crippen molar-refractivity contribution >= 4 is 15.9 Å². The molecule has 1 atom stereocenters. The quantitative estimate of drug-likeness (QED) is 0.886. The van der Waals surface area contributed by atoms with Crippen molar-refractivity contribution in [3.63, 3.8) is 0 Å². The maximum atomic E-state index is 10.1. The molecule has 0 bridgehead atoms. The van der Waals surface area contributed by atoms with Gasteiger partial charge < -0.3 is 5.11 Å². The number of hydrogen-bond donors (Lipinski definition) is 1. The van der Waals surface area contributed by atoms with Crippen molar-refractivity contribution in [2.24, 2.45) is 14.1 Å². The zero-order valence-corrected chi connectivity index (χ0v) is 10.0. The lowest BCUT2D eigenvalue weighted by Gasteiger charge is -2.05. The normalized spacial score (nSPS) is 13.1. The molecule has 0 fully saturated rings. The van der Waals surface area contributed by atoms with Gasteiger partial charge in [-0.15, -0.1) is 0 Å². The van der Waals surface area contributed by atoms with Gasteiger partial charge in [-0.05, 0) is 15.9 Å². The van der Waals surface area contributed by atoms with Crippen LogP contribution in [-0.2, 0) is 14.1 Å². The maximum Gasteiger partial charge on any atom is 0.134 e. The first-order valence-corrected chi connectivity index (χ1v) is 5.23. The van der Waals surface area contributed by atoms with Gasteiger partial charge in [0.1, 0.15) is 10.7 Å². The zero-order chi connectivity index (χ0) is 11.0. The van der Waals surface area contributed by atoms with Gasteiger partial charge in [0.15, 0.2) is 0 Å². The summed E-state index contributed by atoms with van der Waals surface area (Å²) < 4.78 is 3.96. The molecule has 0 aliphatic rings. The highest BCUT2D eigenvalue weighted by Gasteiger charge is 2.17. The molecule has 2 aromatic heterocycles. The van der Waals surface area contributed by atoms with Crippen LogP contribution in [0, 0.1) is 0 Å². The van der Waals surface area contributed by atoms with E-state index in [1.807, 2.05) is 14.1 Å². The maximum absolute atomic E-state index is 10.1. The van der Waals surface area contributed by atoms with Crippen molar-refractivity contribution in [3.8, 4) is 0 Å². The zero-order valence-electron chi connectivity index (χ0n) is 8.42. The van der Waals surface area contributed by atoms with Crippen LogP contribution in [0.3, 0.4) is 0 Å². The minimum Gasteiger partial charge on any atom is -0.383 e. The second-order valence-corrected chi connectivity index (χ2v) is 4.15. The number of hydrogen-bond acceptors (Lipinski definition) is 3. The van der Waals surface area contributed by atoms with Gasteiger partial charge >= 0.3 is 0 Å². The number of aryl methyl sites for hydroxylation is 2. The molecule has 80 valence electrons. The standard InChI is InChI=1S/C9H11BrN4O/c1-13-4-6(3-11-13)8(15)7-5-14(2)12-9(7)10/h3-5,8,15H,1-2H3. The average Bonchev–Trinajstić information content (AvgIpc) is 2.71. The predicted molar refractivity (Wildman–Crippen MR) is 58.2 cm³/mol.